The third kappa shape index (κ3) is 9.65. The number of aliphatic hydroxyl groups is 1. The van der Waals surface area contributed by atoms with E-state index in [4.69, 9.17) is 5.11 Å². The minimum absolute atomic E-state index is 0.326. The Kier molecular flexibility index (Phi) is 10.3. The van der Waals surface area contributed by atoms with Gasteiger partial charge in [-0.05, 0) is 57.3 Å². The summed E-state index contributed by atoms with van der Waals surface area (Å²) in [4.78, 5) is 0. The van der Waals surface area contributed by atoms with Gasteiger partial charge >= 0.3 is 0 Å². The minimum Gasteiger partial charge on any atom is -0.396 e. The smallest absolute Gasteiger partial charge is 0.0431 e. The molecular formula is C16H28N2O. The second kappa shape index (κ2) is 12.2. The van der Waals surface area contributed by atoms with Gasteiger partial charge in [0.2, 0.25) is 0 Å². The Morgan fingerprint density at radius 3 is 2.05 bits per heavy atom. The third-order valence-electron chi connectivity index (χ3n) is 3.14. The molecule has 0 atom stereocenters. The summed E-state index contributed by atoms with van der Waals surface area (Å²) >= 11 is 0. The van der Waals surface area contributed by atoms with Crippen molar-refractivity contribution in [2.45, 2.75) is 38.6 Å². The van der Waals surface area contributed by atoms with Gasteiger partial charge in [-0.25, -0.2) is 0 Å². The molecule has 0 heterocycles. The molecule has 0 amide bonds. The van der Waals surface area contributed by atoms with E-state index in [9.17, 15) is 0 Å². The summed E-state index contributed by atoms with van der Waals surface area (Å²) in [7, 11) is 0. The van der Waals surface area contributed by atoms with Crippen molar-refractivity contribution in [2.24, 2.45) is 0 Å². The summed E-state index contributed by atoms with van der Waals surface area (Å²) in [5, 5.41) is 15.6. The second-order valence-corrected chi connectivity index (χ2v) is 4.90. The summed E-state index contributed by atoms with van der Waals surface area (Å²) in [6.07, 6.45) is 5.68. The van der Waals surface area contributed by atoms with Crippen LogP contribution in [-0.2, 0) is 6.54 Å². The molecule has 19 heavy (non-hydrogen) atoms. The molecule has 0 fully saturated rings. The van der Waals surface area contributed by atoms with Crippen molar-refractivity contribution in [3.05, 3.63) is 35.9 Å². The predicted octanol–water partition coefficient (Wildman–Crippen LogP) is 2.31. The van der Waals surface area contributed by atoms with Gasteiger partial charge in [-0.1, -0.05) is 30.3 Å². The lowest BCUT2D eigenvalue weighted by molar-refractivity contribution is 0.283. The van der Waals surface area contributed by atoms with Crippen molar-refractivity contribution in [3.8, 4) is 0 Å². The fourth-order valence-electron chi connectivity index (χ4n) is 1.99. The summed E-state index contributed by atoms with van der Waals surface area (Å²) in [6.45, 7) is 4.56. The highest BCUT2D eigenvalue weighted by molar-refractivity contribution is 5.14. The Bertz CT molecular complexity index is 290. The fraction of sp³-hybridized carbons (Fsp3) is 0.625. The summed E-state index contributed by atoms with van der Waals surface area (Å²) < 4.78 is 0. The minimum atomic E-state index is 0.326. The molecule has 108 valence electrons. The van der Waals surface area contributed by atoms with Crippen molar-refractivity contribution < 1.29 is 5.11 Å². The quantitative estimate of drug-likeness (QED) is 0.508. The molecule has 3 heteroatoms. The van der Waals surface area contributed by atoms with E-state index in [2.05, 4.69) is 41.0 Å². The maximum atomic E-state index is 8.64. The van der Waals surface area contributed by atoms with Crippen LogP contribution in [0.15, 0.2) is 30.3 Å². The van der Waals surface area contributed by atoms with Crippen LogP contribution in [0.2, 0.25) is 0 Å². The normalized spacial score (nSPS) is 10.8. The van der Waals surface area contributed by atoms with Gasteiger partial charge in [-0.15, -0.1) is 0 Å². The van der Waals surface area contributed by atoms with E-state index in [-0.39, 0.29) is 0 Å². The molecular weight excluding hydrogens is 236 g/mol. The van der Waals surface area contributed by atoms with Crippen LogP contribution in [0.4, 0.5) is 0 Å². The van der Waals surface area contributed by atoms with Crippen LogP contribution in [0.3, 0.4) is 0 Å². The van der Waals surface area contributed by atoms with Gasteiger partial charge in [-0.3, -0.25) is 0 Å². The average molecular weight is 264 g/mol. The Balaban J connectivity index is 1.79. The first kappa shape index (κ1) is 16.2. The maximum Gasteiger partial charge on any atom is 0.0431 e. The van der Waals surface area contributed by atoms with Crippen molar-refractivity contribution >= 4 is 0 Å². The highest BCUT2D eigenvalue weighted by atomic mass is 16.2. The highest BCUT2D eigenvalue weighted by Crippen LogP contribution is 1.97. The average Bonchev–Trinajstić information content (AvgIpc) is 2.46. The number of aliphatic hydroxyl groups excluding tert-OH is 1. The van der Waals surface area contributed by atoms with E-state index in [1.54, 1.807) is 0 Å². The Labute approximate surface area is 117 Å². The van der Waals surface area contributed by atoms with Gasteiger partial charge in [0.25, 0.3) is 0 Å². The van der Waals surface area contributed by atoms with Crippen LogP contribution in [0, 0.1) is 0 Å². The first-order valence-corrected chi connectivity index (χ1v) is 7.49. The molecule has 0 bridgehead atoms. The zero-order valence-electron chi connectivity index (χ0n) is 11.9. The lowest BCUT2D eigenvalue weighted by Crippen LogP contribution is -2.19. The van der Waals surface area contributed by atoms with Crippen LogP contribution in [-0.4, -0.2) is 31.3 Å². The molecule has 0 spiro atoms. The Hall–Kier alpha value is -0.900. The largest absolute Gasteiger partial charge is 0.396 e. The second-order valence-electron chi connectivity index (χ2n) is 4.90. The van der Waals surface area contributed by atoms with Crippen LogP contribution in [0.5, 0.6) is 0 Å². The lowest BCUT2D eigenvalue weighted by atomic mass is 10.2. The van der Waals surface area contributed by atoms with Crippen molar-refractivity contribution in [1.82, 2.24) is 10.6 Å². The number of rotatable bonds is 12. The van der Waals surface area contributed by atoms with Crippen LogP contribution in [0.1, 0.15) is 37.7 Å². The highest BCUT2D eigenvalue weighted by Gasteiger charge is 1.92. The molecule has 3 nitrogen and oxygen atoms in total. The maximum absolute atomic E-state index is 8.64. The molecule has 1 aromatic carbocycles. The third-order valence-corrected chi connectivity index (χ3v) is 3.14. The Morgan fingerprint density at radius 2 is 1.37 bits per heavy atom. The van der Waals surface area contributed by atoms with E-state index < -0.39 is 0 Å². The lowest BCUT2D eigenvalue weighted by Gasteiger charge is -2.06. The number of benzene rings is 1. The number of hydrogen-bond acceptors (Lipinski definition) is 3. The number of unbranched alkanes of at least 4 members (excludes halogenated alkanes) is 3. The molecule has 0 saturated carbocycles. The van der Waals surface area contributed by atoms with Gasteiger partial charge in [-0.2, -0.15) is 0 Å². The molecule has 0 aliphatic heterocycles. The van der Waals surface area contributed by atoms with Gasteiger partial charge in [0.05, 0.1) is 0 Å². The van der Waals surface area contributed by atoms with E-state index in [0.717, 1.165) is 39.0 Å². The van der Waals surface area contributed by atoms with E-state index in [1.165, 1.54) is 24.8 Å². The zero-order chi connectivity index (χ0) is 13.6. The molecule has 0 aromatic heterocycles. The van der Waals surface area contributed by atoms with E-state index in [0.29, 0.717) is 6.61 Å². The van der Waals surface area contributed by atoms with Crippen LogP contribution in [0.25, 0.3) is 0 Å². The van der Waals surface area contributed by atoms with Crippen molar-refractivity contribution in [2.75, 3.05) is 26.2 Å². The van der Waals surface area contributed by atoms with Gasteiger partial charge in [0.15, 0.2) is 0 Å². The molecule has 0 aliphatic carbocycles. The van der Waals surface area contributed by atoms with Crippen LogP contribution < -0.4 is 10.6 Å². The predicted molar refractivity (Wildman–Crippen MR) is 81.2 cm³/mol. The molecule has 1 rings (SSSR count). The van der Waals surface area contributed by atoms with E-state index in [1.807, 2.05) is 0 Å². The standard InChI is InChI=1S/C16H28N2O/c19-14-8-2-5-11-17-12-6-7-13-18-15-16-9-3-1-4-10-16/h1,3-4,9-10,17-19H,2,5-8,11-15H2. The van der Waals surface area contributed by atoms with Gasteiger partial charge in [0.1, 0.15) is 0 Å². The molecule has 0 aliphatic rings. The van der Waals surface area contributed by atoms with E-state index >= 15 is 0 Å². The van der Waals surface area contributed by atoms with Gasteiger partial charge < -0.3 is 15.7 Å². The fourth-order valence-corrected chi connectivity index (χ4v) is 1.99. The van der Waals surface area contributed by atoms with Crippen molar-refractivity contribution in [3.63, 3.8) is 0 Å². The molecule has 0 unspecified atom stereocenters. The monoisotopic (exact) mass is 264 g/mol. The first-order valence-electron chi connectivity index (χ1n) is 7.49. The SMILES string of the molecule is OCCCCCNCCCCNCc1ccccc1. The Morgan fingerprint density at radius 1 is 0.737 bits per heavy atom. The molecule has 0 saturated heterocycles. The first-order chi connectivity index (χ1) is 9.43. The van der Waals surface area contributed by atoms with Crippen molar-refractivity contribution in [1.29, 1.82) is 0 Å². The summed E-state index contributed by atoms with van der Waals surface area (Å²) in [5.74, 6) is 0. The summed E-state index contributed by atoms with van der Waals surface area (Å²) in [6, 6.07) is 10.5. The molecule has 3 N–H and O–H groups in total. The molecule has 0 radical (unpaired) electrons. The summed E-state index contributed by atoms with van der Waals surface area (Å²) in [5.41, 5.74) is 1.35. The zero-order valence-corrected chi connectivity index (χ0v) is 11.9. The van der Waals surface area contributed by atoms with Gasteiger partial charge in [0, 0.05) is 13.2 Å². The molecule has 1 aromatic rings. The number of nitrogens with one attached hydrogen (secondary N) is 2. The topological polar surface area (TPSA) is 44.3 Å². The van der Waals surface area contributed by atoms with Crippen LogP contribution >= 0.6 is 0 Å². The number of hydrogen-bond donors (Lipinski definition) is 3.